The molecule has 0 bridgehead atoms. The van der Waals surface area contributed by atoms with Crippen LogP contribution in [0.25, 0.3) is 0 Å². The molecule has 0 radical (unpaired) electrons. The molecule has 3 rings (SSSR count). The summed E-state index contributed by atoms with van der Waals surface area (Å²) in [5.41, 5.74) is -0.508. The largest absolute Gasteiger partial charge is 0.508 e. The van der Waals surface area contributed by atoms with Crippen molar-refractivity contribution in [3.8, 4) is 5.75 Å². The first-order valence-electron chi connectivity index (χ1n) is 7.58. The van der Waals surface area contributed by atoms with Crippen LogP contribution in [0, 0.1) is 5.41 Å². The lowest BCUT2D eigenvalue weighted by molar-refractivity contribution is -0.147. The number of benzene rings is 1. The first-order chi connectivity index (χ1) is 10.5. The highest BCUT2D eigenvalue weighted by molar-refractivity contribution is 5.95. The highest BCUT2D eigenvalue weighted by Gasteiger charge is 2.50. The van der Waals surface area contributed by atoms with Gasteiger partial charge in [0.05, 0.1) is 11.5 Å². The molecule has 0 aromatic heterocycles. The predicted molar refractivity (Wildman–Crippen MR) is 79.3 cm³/mol. The van der Waals surface area contributed by atoms with Gasteiger partial charge in [0.1, 0.15) is 5.75 Å². The standard InChI is InChI=1S/C16H20N2O4/c19-12-4-1-3-11(9-12)14(21)18-8-5-13(20)16(10-18)6-2-7-17-15(16)22/h1,3-4,9,13,19-20H,2,5-8,10H2,(H,17,22)/t13-,16+/m0/s1. The van der Waals surface area contributed by atoms with Gasteiger partial charge in [-0.1, -0.05) is 6.07 Å². The van der Waals surface area contributed by atoms with Crippen molar-refractivity contribution in [1.29, 1.82) is 0 Å². The number of phenolic OH excluding ortho intramolecular Hbond substituents is 1. The number of phenols is 1. The van der Waals surface area contributed by atoms with Gasteiger partial charge in [0.25, 0.3) is 5.91 Å². The van der Waals surface area contributed by atoms with E-state index in [1.54, 1.807) is 17.0 Å². The summed E-state index contributed by atoms with van der Waals surface area (Å²) in [7, 11) is 0. The van der Waals surface area contributed by atoms with E-state index in [0.717, 1.165) is 6.42 Å². The maximum absolute atomic E-state index is 12.6. The summed E-state index contributed by atoms with van der Waals surface area (Å²) in [6.45, 7) is 1.24. The highest BCUT2D eigenvalue weighted by atomic mass is 16.3. The minimum Gasteiger partial charge on any atom is -0.508 e. The number of hydrogen-bond acceptors (Lipinski definition) is 4. The van der Waals surface area contributed by atoms with Crippen LogP contribution in [0.3, 0.4) is 0 Å². The van der Waals surface area contributed by atoms with Crippen molar-refractivity contribution in [2.75, 3.05) is 19.6 Å². The van der Waals surface area contributed by atoms with Crippen molar-refractivity contribution in [2.45, 2.75) is 25.4 Å². The van der Waals surface area contributed by atoms with Gasteiger partial charge in [0.15, 0.2) is 0 Å². The molecule has 1 aromatic carbocycles. The van der Waals surface area contributed by atoms with Crippen molar-refractivity contribution in [1.82, 2.24) is 10.2 Å². The maximum Gasteiger partial charge on any atom is 0.254 e. The number of nitrogens with zero attached hydrogens (tertiary/aromatic N) is 1. The monoisotopic (exact) mass is 304 g/mol. The van der Waals surface area contributed by atoms with Crippen molar-refractivity contribution in [2.24, 2.45) is 5.41 Å². The van der Waals surface area contributed by atoms with E-state index in [0.29, 0.717) is 31.5 Å². The summed E-state index contributed by atoms with van der Waals surface area (Å²) >= 11 is 0. The van der Waals surface area contributed by atoms with Crippen LogP contribution in [-0.4, -0.2) is 52.7 Å². The van der Waals surface area contributed by atoms with E-state index in [4.69, 9.17) is 0 Å². The number of nitrogens with one attached hydrogen (secondary N) is 1. The smallest absolute Gasteiger partial charge is 0.254 e. The van der Waals surface area contributed by atoms with Gasteiger partial charge in [-0.3, -0.25) is 9.59 Å². The van der Waals surface area contributed by atoms with Crippen LogP contribution in [0.2, 0.25) is 0 Å². The summed E-state index contributed by atoms with van der Waals surface area (Å²) in [5.74, 6) is -0.353. The number of amides is 2. The van der Waals surface area contributed by atoms with Crippen molar-refractivity contribution >= 4 is 11.8 Å². The van der Waals surface area contributed by atoms with E-state index in [9.17, 15) is 19.8 Å². The molecular weight excluding hydrogens is 284 g/mol. The Balaban J connectivity index is 1.84. The Hall–Kier alpha value is -2.08. The molecule has 0 aliphatic carbocycles. The summed E-state index contributed by atoms with van der Waals surface area (Å²) in [5, 5.41) is 22.6. The van der Waals surface area contributed by atoms with Crippen molar-refractivity contribution in [3.05, 3.63) is 29.8 Å². The maximum atomic E-state index is 12.6. The van der Waals surface area contributed by atoms with Crippen LogP contribution in [0.1, 0.15) is 29.6 Å². The van der Waals surface area contributed by atoms with Gasteiger partial charge in [0, 0.05) is 25.2 Å². The third-order valence-corrected chi connectivity index (χ3v) is 4.70. The van der Waals surface area contributed by atoms with Crippen LogP contribution in [-0.2, 0) is 4.79 Å². The summed E-state index contributed by atoms with van der Waals surface area (Å²) < 4.78 is 0. The number of carbonyl (C=O) groups is 2. The molecule has 118 valence electrons. The Bertz CT molecular complexity index is 604. The number of aliphatic hydroxyl groups excluding tert-OH is 1. The third-order valence-electron chi connectivity index (χ3n) is 4.70. The molecule has 2 aliphatic rings. The number of likely N-dealkylation sites (tertiary alicyclic amines) is 1. The number of aromatic hydroxyl groups is 1. The average Bonchev–Trinajstić information content (AvgIpc) is 2.52. The second kappa shape index (κ2) is 5.61. The fourth-order valence-electron chi connectivity index (χ4n) is 3.44. The molecule has 3 N–H and O–H groups in total. The molecule has 22 heavy (non-hydrogen) atoms. The molecule has 2 saturated heterocycles. The van der Waals surface area contributed by atoms with Crippen molar-refractivity contribution in [3.63, 3.8) is 0 Å². The number of hydrogen-bond donors (Lipinski definition) is 3. The lowest BCUT2D eigenvalue weighted by Crippen LogP contribution is -2.62. The molecule has 0 unspecified atom stereocenters. The summed E-state index contributed by atoms with van der Waals surface area (Å²) in [4.78, 5) is 26.5. The lowest BCUT2D eigenvalue weighted by atomic mass is 9.71. The van der Waals surface area contributed by atoms with E-state index >= 15 is 0 Å². The second-order valence-electron chi connectivity index (χ2n) is 6.10. The Morgan fingerprint density at radius 2 is 2.23 bits per heavy atom. The van der Waals surface area contributed by atoms with Gasteiger partial charge < -0.3 is 20.4 Å². The zero-order valence-electron chi connectivity index (χ0n) is 12.3. The van der Waals surface area contributed by atoms with Crippen LogP contribution in [0.5, 0.6) is 5.75 Å². The molecular formula is C16H20N2O4. The number of aliphatic hydroxyl groups is 1. The van der Waals surface area contributed by atoms with Gasteiger partial charge in [-0.15, -0.1) is 0 Å². The average molecular weight is 304 g/mol. The summed E-state index contributed by atoms with van der Waals surface area (Å²) in [6, 6.07) is 6.18. The minimum absolute atomic E-state index is 0.0352. The Kier molecular flexibility index (Phi) is 3.78. The molecule has 2 aliphatic heterocycles. The molecule has 2 fully saturated rings. The van der Waals surface area contributed by atoms with Gasteiger partial charge in [0.2, 0.25) is 5.91 Å². The Labute approximate surface area is 128 Å². The zero-order chi connectivity index (χ0) is 15.7. The molecule has 2 amide bonds. The highest BCUT2D eigenvalue weighted by Crippen LogP contribution is 2.37. The van der Waals surface area contributed by atoms with E-state index in [2.05, 4.69) is 5.32 Å². The Morgan fingerprint density at radius 3 is 2.95 bits per heavy atom. The van der Waals surface area contributed by atoms with Gasteiger partial charge in [-0.2, -0.15) is 0 Å². The molecule has 0 saturated carbocycles. The molecule has 1 spiro atoms. The van der Waals surface area contributed by atoms with Gasteiger partial charge in [-0.05, 0) is 37.5 Å². The molecule has 6 heteroatoms. The van der Waals surface area contributed by atoms with Crippen LogP contribution in [0.4, 0.5) is 0 Å². The topological polar surface area (TPSA) is 89.9 Å². The molecule has 2 atom stereocenters. The Morgan fingerprint density at radius 1 is 1.41 bits per heavy atom. The number of piperidine rings is 2. The third kappa shape index (κ3) is 2.43. The van der Waals surface area contributed by atoms with Crippen LogP contribution < -0.4 is 5.32 Å². The normalized spacial score (nSPS) is 28.5. The quantitative estimate of drug-likeness (QED) is 0.704. The van der Waals surface area contributed by atoms with E-state index in [1.165, 1.54) is 12.1 Å². The van der Waals surface area contributed by atoms with Gasteiger partial charge >= 0.3 is 0 Å². The first kappa shape index (κ1) is 14.8. The van der Waals surface area contributed by atoms with Crippen LogP contribution in [0.15, 0.2) is 24.3 Å². The SMILES string of the molecule is O=C(c1cccc(O)c1)N1CC[C@H](O)[C@@]2(CCCNC2=O)C1. The minimum atomic E-state index is -0.900. The van der Waals surface area contributed by atoms with Gasteiger partial charge in [-0.25, -0.2) is 0 Å². The number of rotatable bonds is 1. The van der Waals surface area contributed by atoms with E-state index in [1.807, 2.05) is 0 Å². The second-order valence-corrected chi connectivity index (χ2v) is 6.10. The molecule has 1 aromatic rings. The molecule has 6 nitrogen and oxygen atoms in total. The van der Waals surface area contributed by atoms with Crippen molar-refractivity contribution < 1.29 is 19.8 Å². The van der Waals surface area contributed by atoms with E-state index < -0.39 is 11.5 Å². The zero-order valence-corrected chi connectivity index (χ0v) is 12.3. The van der Waals surface area contributed by atoms with E-state index in [-0.39, 0.29) is 24.1 Å². The fraction of sp³-hybridized carbons (Fsp3) is 0.500. The summed E-state index contributed by atoms with van der Waals surface area (Å²) in [6.07, 6.45) is 1.06. The lowest BCUT2D eigenvalue weighted by Gasteiger charge is -2.46. The fourth-order valence-corrected chi connectivity index (χ4v) is 3.44. The predicted octanol–water partition coefficient (Wildman–Crippen LogP) is 0.495. The molecule has 2 heterocycles. The number of carbonyl (C=O) groups excluding carboxylic acids is 2. The van der Waals surface area contributed by atoms with Crippen LogP contribution >= 0.6 is 0 Å². The first-order valence-corrected chi connectivity index (χ1v) is 7.58.